The Morgan fingerprint density at radius 3 is 1.83 bits per heavy atom. The molecule has 0 bridgehead atoms. The van der Waals surface area contributed by atoms with Crippen molar-refractivity contribution in [2.24, 2.45) is 0 Å². The van der Waals surface area contributed by atoms with Crippen molar-refractivity contribution in [1.29, 1.82) is 0 Å². The minimum atomic E-state index is 1.12. The zero-order valence-corrected chi connectivity index (χ0v) is 15.9. The van der Waals surface area contributed by atoms with Gasteiger partial charge in [0, 0.05) is 14.3 Å². The molecular weight excluding hydrogens is 424 g/mol. The molecule has 0 nitrogen and oxygen atoms in total. The van der Waals surface area contributed by atoms with Crippen LogP contribution >= 0.6 is 31.9 Å². The molecule has 0 aliphatic rings. The molecule has 2 heteroatoms. The molecule has 0 aliphatic carbocycles. The van der Waals surface area contributed by atoms with Gasteiger partial charge < -0.3 is 0 Å². The van der Waals surface area contributed by atoms with Crippen LogP contribution in [0.3, 0.4) is 0 Å². The third kappa shape index (κ3) is 2.10. The van der Waals surface area contributed by atoms with Gasteiger partial charge in [-0.05, 0) is 90.0 Å². The van der Waals surface area contributed by atoms with Crippen LogP contribution in [0.15, 0.2) is 81.7 Å². The number of rotatable bonds is 0. The lowest BCUT2D eigenvalue weighted by molar-refractivity contribution is 1.72. The summed E-state index contributed by atoms with van der Waals surface area (Å²) < 4.78 is 2.27. The van der Waals surface area contributed by atoms with Crippen LogP contribution in [0.2, 0.25) is 0 Å². The van der Waals surface area contributed by atoms with Crippen molar-refractivity contribution in [1.82, 2.24) is 0 Å². The van der Waals surface area contributed by atoms with Crippen LogP contribution in [0.1, 0.15) is 0 Å². The van der Waals surface area contributed by atoms with Crippen molar-refractivity contribution >= 4 is 74.9 Å². The summed E-state index contributed by atoms with van der Waals surface area (Å²) in [6.45, 7) is 0. The van der Waals surface area contributed by atoms with Gasteiger partial charge in [0.1, 0.15) is 0 Å². The summed E-state index contributed by atoms with van der Waals surface area (Å²) in [5, 5.41) is 10.1. The highest BCUT2D eigenvalue weighted by Crippen LogP contribution is 2.39. The minimum Gasteiger partial charge on any atom is -0.0616 e. The molecule has 0 saturated carbocycles. The molecule has 5 rings (SSSR count). The average molecular weight is 436 g/mol. The highest BCUT2D eigenvalue weighted by molar-refractivity contribution is 9.11. The summed E-state index contributed by atoms with van der Waals surface area (Å²) in [6, 6.07) is 26.3. The predicted molar refractivity (Wildman–Crippen MR) is 112 cm³/mol. The lowest BCUT2D eigenvalue weighted by Gasteiger charge is -2.10. The SMILES string of the molecule is Brc1cccc2cc3cc4cc5ccccc5cc4cc3c(Br)c12. The molecule has 0 unspecified atom stereocenters. The zero-order valence-electron chi connectivity index (χ0n) is 12.7. The van der Waals surface area contributed by atoms with Crippen molar-refractivity contribution in [3.05, 3.63) is 81.7 Å². The van der Waals surface area contributed by atoms with Crippen molar-refractivity contribution < 1.29 is 0 Å². The van der Waals surface area contributed by atoms with Crippen molar-refractivity contribution in [2.75, 3.05) is 0 Å². The molecule has 0 heterocycles. The molecule has 0 radical (unpaired) electrons. The van der Waals surface area contributed by atoms with Gasteiger partial charge >= 0.3 is 0 Å². The first-order valence-corrected chi connectivity index (χ1v) is 9.42. The third-order valence-electron chi connectivity index (χ3n) is 4.69. The Kier molecular flexibility index (Phi) is 3.19. The topological polar surface area (TPSA) is 0 Å². The lowest BCUT2D eigenvalue weighted by Crippen LogP contribution is -1.83. The van der Waals surface area contributed by atoms with Crippen LogP contribution in [0.25, 0.3) is 43.1 Å². The van der Waals surface area contributed by atoms with Crippen LogP contribution < -0.4 is 0 Å². The second-order valence-electron chi connectivity index (χ2n) is 6.15. The molecular formula is C22H12Br2. The van der Waals surface area contributed by atoms with Gasteiger partial charge in [0.05, 0.1) is 0 Å². The predicted octanol–water partition coefficient (Wildman–Crippen LogP) is 7.82. The van der Waals surface area contributed by atoms with Gasteiger partial charge in [0.2, 0.25) is 0 Å². The molecule has 5 aromatic rings. The average Bonchev–Trinajstić information content (AvgIpc) is 2.59. The van der Waals surface area contributed by atoms with E-state index in [0.717, 1.165) is 8.95 Å². The number of fused-ring (bicyclic) bond motifs is 4. The fourth-order valence-corrected chi connectivity index (χ4v) is 5.15. The summed E-state index contributed by atoms with van der Waals surface area (Å²) in [5.41, 5.74) is 0. The highest BCUT2D eigenvalue weighted by atomic mass is 79.9. The summed E-state index contributed by atoms with van der Waals surface area (Å²) in [6.07, 6.45) is 0. The normalized spacial score (nSPS) is 11.8. The maximum absolute atomic E-state index is 3.84. The van der Waals surface area contributed by atoms with Crippen LogP contribution in [0, 0.1) is 0 Å². The monoisotopic (exact) mass is 434 g/mol. The van der Waals surface area contributed by atoms with E-state index in [-0.39, 0.29) is 0 Å². The number of hydrogen-bond acceptors (Lipinski definition) is 0. The van der Waals surface area contributed by atoms with Gasteiger partial charge in [-0.25, -0.2) is 0 Å². The van der Waals surface area contributed by atoms with Gasteiger partial charge in [0.25, 0.3) is 0 Å². The zero-order chi connectivity index (χ0) is 16.3. The fourth-order valence-electron chi connectivity index (χ4n) is 3.51. The van der Waals surface area contributed by atoms with E-state index in [0.29, 0.717) is 0 Å². The van der Waals surface area contributed by atoms with E-state index in [9.17, 15) is 0 Å². The Hall–Kier alpha value is -1.90. The first-order valence-electron chi connectivity index (χ1n) is 7.84. The van der Waals surface area contributed by atoms with E-state index in [1.54, 1.807) is 0 Å². The van der Waals surface area contributed by atoms with Crippen LogP contribution in [-0.4, -0.2) is 0 Å². The Labute approximate surface area is 156 Å². The van der Waals surface area contributed by atoms with Gasteiger partial charge in [-0.3, -0.25) is 0 Å². The molecule has 114 valence electrons. The van der Waals surface area contributed by atoms with Gasteiger partial charge in [-0.2, -0.15) is 0 Å². The van der Waals surface area contributed by atoms with Crippen LogP contribution in [0.4, 0.5) is 0 Å². The summed E-state index contributed by atoms with van der Waals surface area (Å²) in [5.74, 6) is 0. The molecule has 0 amide bonds. The number of benzene rings is 5. The number of halogens is 2. The Morgan fingerprint density at radius 2 is 1.08 bits per heavy atom. The van der Waals surface area contributed by atoms with Crippen molar-refractivity contribution in [3.63, 3.8) is 0 Å². The van der Waals surface area contributed by atoms with Crippen molar-refractivity contribution in [2.45, 2.75) is 0 Å². The Balaban J connectivity index is 1.97. The van der Waals surface area contributed by atoms with E-state index in [2.05, 4.69) is 105 Å². The molecule has 5 aromatic carbocycles. The molecule has 24 heavy (non-hydrogen) atoms. The summed E-state index contributed by atoms with van der Waals surface area (Å²) in [7, 11) is 0. The highest BCUT2D eigenvalue weighted by Gasteiger charge is 2.09. The van der Waals surface area contributed by atoms with E-state index in [4.69, 9.17) is 0 Å². The quantitative estimate of drug-likeness (QED) is 0.217. The Morgan fingerprint density at radius 1 is 0.500 bits per heavy atom. The molecule has 0 aliphatic heterocycles. The Bertz CT molecular complexity index is 1270. The number of hydrogen-bond donors (Lipinski definition) is 0. The standard InChI is InChI=1S/C22H12Br2/c23-20-7-3-6-15-10-18-11-16-8-13-4-1-2-5-14(13)9-17(16)12-19(18)22(24)21(15)20/h1-12H. The molecule has 0 saturated heterocycles. The second kappa shape index (κ2) is 5.30. The van der Waals surface area contributed by atoms with E-state index < -0.39 is 0 Å². The van der Waals surface area contributed by atoms with Gasteiger partial charge in [0.15, 0.2) is 0 Å². The molecule has 0 atom stereocenters. The summed E-state index contributed by atoms with van der Waals surface area (Å²) in [4.78, 5) is 0. The molecule has 0 N–H and O–H groups in total. The molecule has 0 aromatic heterocycles. The van der Waals surface area contributed by atoms with Crippen molar-refractivity contribution in [3.8, 4) is 0 Å². The fraction of sp³-hybridized carbons (Fsp3) is 0. The largest absolute Gasteiger partial charge is 0.0616 e. The van der Waals surface area contributed by atoms with E-state index in [1.807, 2.05) is 0 Å². The van der Waals surface area contributed by atoms with Crippen LogP contribution in [-0.2, 0) is 0 Å². The third-order valence-corrected chi connectivity index (χ3v) is 6.17. The van der Waals surface area contributed by atoms with E-state index in [1.165, 1.54) is 43.1 Å². The summed E-state index contributed by atoms with van der Waals surface area (Å²) >= 11 is 7.52. The lowest BCUT2D eigenvalue weighted by atomic mass is 9.97. The second-order valence-corrected chi connectivity index (χ2v) is 7.80. The van der Waals surface area contributed by atoms with E-state index >= 15 is 0 Å². The molecule has 0 fully saturated rings. The first-order chi connectivity index (χ1) is 11.7. The minimum absolute atomic E-state index is 1.12. The maximum atomic E-state index is 3.84. The molecule has 0 spiro atoms. The maximum Gasteiger partial charge on any atom is 0.0343 e. The van der Waals surface area contributed by atoms with Gasteiger partial charge in [-0.15, -0.1) is 0 Å². The first kappa shape index (κ1) is 14.4. The van der Waals surface area contributed by atoms with Crippen LogP contribution in [0.5, 0.6) is 0 Å². The van der Waals surface area contributed by atoms with Gasteiger partial charge in [-0.1, -0.05) is 52.3 Å². The smallest absolute Gasteiger partial charge is 0.0343 e.